The van der Waals surface area contributed by atoms with E-state index in [-0.39, 0.29) is 28.3 Å². The van der Waals surface area contributed by atoms with Gasteiger partial charge in [-0.2, -0.15) is 0 Å². The van der Waals surface area contributed by atoms with Crippen molar-refractivity contribution in [3.8, 4) is 0 Å². The zero-order valence-corrected chi connectivity index (χ0v) is 26.1. The Morgan fingerprint density at radius 2 is 1.61 bits per heavy atom. The van der Waals surface area contributed by atoms with Gasteiger partial charge in [-0.3, -0.25) is 9.59 Å². The summed E-state index contributed by atoms with van der Waals surface area (Å²) >= 11 is 0. The molecule has 2 amide bonds. The number of hydrogen-bond donors (Lipinski definition) is 2. The van der Waals surface area contributed by atoms with E-state index in [0.717, 1.165) is 49.6 Å². The van der Waals surface area contributed by atoms with Crippen LogP contribution in [0.2, 0.25) is 0 Å². The third-order valence-electron chi connectivity index (χ3n) is 9.73. The molecule has 6 rings (SSSR count). The molecule has 0 aromatic heterocycles. The van der Waals surface area contributed by atoms with Crippen molar-refractivity contribution in [1.29, 1.82) is 0 Å². The first-order chi connectivity index (χ1) is 21.1. The number of likely N-dealkylation sites (tertiary alicyclic amines) is 1. The smallest absolute Gasteiger partial charge is 0.257 e. The van der Waals surface area contributed by atoms with Gasteiger partial charge in [0.05, 0.1) is 22.4 Å². The molecule has 1 aliphatic heterocycles. The number of nitrogens with zero attached hydrogens (tertiary/aromatic N) is 1. The van der Waals surface area contributed by atoms with Crippen LogP contribution in [-0.2, 0) is 14.6 Å². The number of carbonyl (C=O) groups is 2. The normalized spacial score (nSPS) is 23.8. The summed E-state index contributed by atoms with van der Waals surface area (Å²) in [6.07, 6.45) is 9.03. The molecule has 0 spiro atoms. The molecule has 2 aliphatic carbocycles. The van der Waals surface area contributed by atoms with Crippen molar-refractivity contribution in [2.45, 2.75) is 81.3 Å². The van der Waals surface area contributed by atoms with Crippen LogP contribution in [0.1, 0.15) is 78.9 Å². The number of anilines is 2. The number of hydrogen-bond acceptors (Lipinski definition) is 5. The van der Waals surface area contributed by atoms with E-state index >= 15 is 4.39 Å². The quantitative estimate of drug-likeness (QED) is 0.301. The van der Waals surface area contributed by atoms with Crippen LogP contribution < -0.4 is 10.6 Å². The first kappa shape index (κ1) is 30.3. The Morgan fingerprint density at radius 3 is 2.32 bits per heavy atom. The highest BCUT2D eigenvalue weighted by Gasteiger charge is 2.50. The number of sulfone groups is 1. The number of fused-ring (bicyclic) bond motifs is 1. The van der Waals surface area contributed by atoms with E-state index in [4.69, 9.17) is 0 Å². The summed E-state index contributed by atoms with van der Waals surface area (Å²) in [4.78, 5) is 30.5. The molecule has 0 bridgehead atoms. The second-order valence-electron chi connectivity index (χ2n) is 12.7. The standard InChI is InChI=1S/C35H40FN3O4S/c1-22-8-5-14-30(36)32(22)35(41)39-31-15-6-9-24(31)20-29(34(40)38-27-12-7-13-28(21-27)44(2,42)43)33(39)23-16-18-26(19-17-23)37-25-10-3-4-11-25/h5,7-8,12-14,16-19,21,24-25,29,31,33,37H,3-4,6,9-11,15,20H2,1-2H3,(H,38,40). The molecule has 0 radical (unpaired) electrons. The molecule has 3 fully saturated rings. The van der Waals surface area contributed by atoms with Gasteiger partial charge in [-0.15, -0.1) is 0 Å². The zero-order chi connectivity index (χ0) is 31.0. The molecule has 3 aliphatic rings. The molecule has 1 heterocycles. The lowest BCUT2D eigenvalue weighted by atomic mass is 9.76. The molecule has 1 saturated heterocycles. The average molecular weight is 618 g/mol. The van der Waals surface area contributed by atoms with Crippen LogP contribution in [0.15, 0.2) is 71.6 Å². The van der Waals surface area contributed by atoms with Crippen LogP contribution in [0, 0.1) is 24.6 Å². The summed E-state index contributed by atoms with van der Waals surface area (Å²) in [7, 11) is -3.47. The Balaban J connectivity index is 1.40. The number of aryl methyl sites for hydroxylation is 1. The van der Waals surface area contributed by atoms with Crippen molar-refractivity contribution in [1.82, 2.24) is 4.90 Å². The van der Waals surface area contributed by atoms with Gasteiger partial charge in [-0.05, 0) is 92.5 Å². The fourth-order valence-electron chi connectivity index (χ4n) is 7.59. The van der Waals surface area contributed by atoms with Gasteiger partial charge in [0.1, 0.15) is 5.82 Å². The summed E-state index contributed by atoms with van der Waals surface area (Å²) < 4.78 is 39.6. The highest BCUT2D eigenvalue weighted by molar-refractivity contribution is 7.90. The maximum Gasteiger partial charge on any atom is 0.257 e. The third kappa shape index (κ3) is 6.11. The van der Waals surface area contributed by atoms with E-state index in [1.165, 1.54) is 31.0 Å². The lowest BCUT2D eigenvalue weighted by molar-refractivity contribution is -0.125. The second kappa shape index (κ2) is 12.3. The highest BCUT2D eigenvalue weighted by atomic mass is 32.2. The fraction of sp³-hybridized carbons (Fsp3) is 0.429. The van der Waals surface area contributed by atoms with E-state index in [0.29, 0.717) is 23.7 Å². The number of amides is 2. The van der Waals surface area contributed by atoms with Gasteiger partial charge in [0.15, 0.2) is 9.84 Å². The summed E-state index contributed by atoms with van der Waals surface area (Å²) in [5.41, 5.74) is 2.80. The van der Waals surface area contributed by atoms with E-state index < -0.39 is 33.5 Å². The van der Waals surface area contributed by atoms with Gasteiger partial charge in [-0.25, -0.2) is 12.8 Å². The van der Waals surface area contributed by atoms with Gasteiger partial charge in [-0.1, -0.05) is 49.6 Å². The van der Waals surface area contributed by atoms with E-state index in [1.54, 1.807) is 36.1 Å². The minimum absolute atomic E-state index is 0.0459. The van der Waals surface area contributed by atoms with Gasteiger partial charge in [0.2, 0.25) is 5.91 Å². The van der Waals surface area contributed by atoms with Crippen molar-refractivity contribution in [2.75, 3.05) is 16.9 Å². The fourth-order valence-corrected chi connectivity index (χ4v) is 8.25. The van der Waals surface area contributed by atoms with Crippen LogP contribution >= 0.6 is 0 Å². The Labute approximate surface area is 259 Å². The molecule has 2 N–H and O–H groups in total. The number of nitrogens with one attached hydrogen (secondary N) is 2. The monoisotopic (exact) mass is 617 g/mol. The second-order valence-corrected chi connectivity index (χ2v) is 14.7. The highest BCUT2D eigenvalue weighted by Crippen LogP contribution is 2.49. The molecular formula is C35H40FN3O4S. The van der Waals surface area contributed by atoms with Crippen LogP contribution in [0.5, 0.6) is 0 Å². The molecule has 7 nitrogen and oxygen atoms in total. The number of carbonyl (C=O) groups excluding carboxylic acids is 2. The predicted molar refractivity (Wildman–Crippen MR) is 170 cm³/mol. The summed E-state index contributed by atoms with van der Waals surface area (Å²) in [5.74, 6) is -1.78. The number of piperidine rings is 1. The molecule has 3 aromatic carbocycles. The van der Waals surface area contributed by atoms with Crippen molar-refractivity contribution in [3.05, 3.63) is 89.2 Å². The predicted octanol–water partition coefficient (Wildman–Crippen LogP) is 6.90. The number of rotatable bonds is 7. The SMILES string of the molecule is Cc1cccc(F)c1C(=O)N1C2CCCC2CC(C(=O)Nc2cccc(S(C)(=O)=O)c2)C1c1ccc(NC2CCCC2)cc1. The lowest BCUT2D eigenvalue weighted by Gasteiger charge is -2.48. The first-order valence-corrected chi connectivity index (χ1v) is 17.5. The van der Waals surface area contributed by atoms with Gasteiger partial charge >= 0.3 is 0 Å². The van der Waals surface area contributed by atoms with E-state index in [1.807, 2.05) is 24.3 Å². The zero-order valence-electron chi connectivity index (χ0n) is 25.3. The average Bonchev–Trinajstić information content (AvgIpc) is 3.68. The summed E-state index contributed by atoms with van der Waals surface area (Å²) in [6, 6.07) is 18.6. The topological polar surface area (TPSA) is 95.6 Å². The van der Waals surface area contributed by atoms with E-state index in [9.17, 15) is 18.0 Å². The van der Waals surface area contributed by atoms with Crippen LogP contribution in [0.3, 0.4) is 0 Å². The number of benzene rings is 3. The molecule has 232 valence electrons. The Hall–Kier alpha value is -3.72. The molecule has 4 unspecified atom stereocenters. The summed E-state index contributed by atoms with van der Waals surface area (Å²) in [5, 5.41) is 6.57. The van der Waals surface area contributed by atoms with Gasteiger partial charge < -0.3 is 15.5 Å². The molecule has 44 heavy (non-hydrogen) atoms. The Morgan fingerprint density at radius 1 is 0.886 bits per heavy atom. The molecule has 3 aromatic rings. The summed E-state index contributed by atoms with van der Waals surface area (Å²) in [6.45, 7) is 1.74. The third-order valence-corrected chi connectivity index (χ3v) is 10.8. The Kier molecular flexibility index (Phi) is 8.51. The van der Waals surface area contributed by atoms with Crippen molar-refractivity contribution in [3.63, 3.8) is 0 Å². The molecule has 9 heteroatoms. The first-order valence-electron chi connectivity index (χ1n) is 15.7. The molecular weight excluding hydrogens is 577 g/mol. The van der Waals surface area contributed by atoms with Crippen molar-refractivity contribution in [2.24, 2.45) is 11.8 Å². The largest absolute Gasteiger partial charge is 0.382 e. The van der Waals surface area contributed by atoms with Crippen LogP contribution in [-0.4, -0.2) is 43.5 Å². The van der Waals surface area contributed by atoms with Gasteiger partial charge in [0.25, 0.3) is 5.91 Å². The van der Waals surface area contributed by atoms with Crippen LogP contribution in [0.4, 0.5) is 15.8 Å². The minimum atomic E-state index is -3.47. The van der Waals surface area contributed by atoms with E-state index in [2.05, 4.69) is 10.6 Å². The molecule has 4 atom stereocenters. The lowest BCUT2D eigenvalue weighted by Crippen LogP contribution is -2.54. The maximum absolute atomic E-state index is 15.3. The van der Waals surface area contributed by atoms with Crippen LogP contribution in [0.25, 0.3) is 0 Å². The number of halogens is 1. The Bertz CT molecular complexity index is 1630. The van der Waals surface area contributed by atoms with Crippen molar-refractivity contribution >= 4 is 33.0 Å². The maximum atomic E-state index is 15.3. The van der Waals surface area contributed by atoms with Gasteiger partial charge in [0, 0.05) is 29.7 Å². The molecule has 2 saturated carbocycles. The minimum Gasteiger partial charge on any atom is -0.382 e. The van der Waals surface area contributed by atoms with Crippen molar-refractivity contribution < 1.29 is 22.4 Å².